The zero-order valence-electron chi connectivity index (χ0n) is 12.5. The van der Waals surface area contributed by atoms with E-state index in [9.17, 15) is 9.59 Å². The van der Waals surface area contributed by atoms with E-state index in [2.05, 4.69) is 5.32 Å². The van der Waals surface area contributed by atoms with E-state index in [1.165, 1.54) is 0 Å². The Morgan fingerprint density at radius 1 is 1.38 bits per heavy atom. The normalized spacial score (nSPS) is 18.4. The first-order chi connectivity index (χ1) is 10.1. The first-order valence-electron chi connectivity index (χ1n) is 7.46. The van der Waals surface area contributed by atoms with Gasteiger partial charge >= 0.3 is 0 Å². The predicted octanol–water partition coefficient (Wildman–Crippen LogP) is 0.922. The summed E-state index contributed by atoms with van der Waals surface area (Å²) in [5.41, 5.74) is 7.09. The largest absolute Gasteiger partial charge is 0.355 e. The SMILES string of the molecule is Cc1ccccc1C(=O)N1CCCC(C(=O)NCCN)C1. The monoisotopic (exact) mass is 289 g/mol. The Balaban J connectivity index is 2.02. The first-order valence-corrected chi connectivity index (χ1v) is 7.46. The van der Waals surface area contributed by atoms with Crippen molar-refractivity contribution >= 4 is 11.8 Å². The second-order valence-corrected chi connectivity index (χ2v) is 5.48. The van der Waals surface area contributed by atoms with E-state index >= 15 is 0 Å². The molecule has 5 heteroatoms. The summed E-state index contributed by atoms with van der Waals surface area (Å²) in [7, 11) is 0. The van der Waals surface area contributed by atoms with Gasteiger partial charge in [0.1, 0.15) is 0 Å². The first kappa shape index (κ1) is 15.5. The highest BCUT2D eigenvalue weighted by atomic mass is 16.2. The van der Waals surface area contributed by atoms with Gasteiger partial charge in [-0.2, -0.15) is 0 Å². The van der Waals surface area contributed by atoms with Gasteiger partial charge < -0.3 is 16.0 Å². The summed E-state index contributed by atoms with van der Waals surface area (Å²) in [5, 5.41) is 2.81. The van der Waals surface area contributed by atoms with Crippen molar-refractivity contribution in [2.24, 2.45) is 11.7 Å². The number of nitrogens with zero attached hydrogens (tertiary/aromatic N) is 1. The molecule has 0 saturated carbocycles. The molecule has 1 fully saturated rings. The third kappa shape index (κ3) is 3.82. The quantitative estimate of drug-likeness (QED) is 0.865. The van der Waals surface area contributed by atoms with Crippen LogP contribution in [0.3, 0.4) is 0 Å². The topological polar surface area (TPSA) is 75.4 Å². The Labute approximate surface area is 125 Å². The van der Waals surface area contributed by atoms with Crippen LogP contribution in [0.15, 0.2) is 24.3 Å². The molecule has 21 heavy (non-hydrogen) atoms. The zero-order chi connectivity index (χ0) is 15.2. The van der Waals surface area contributed by atoms with Gasteiger partial charge in [0.15, 0.2) is 0 Å². The lowest BCUT2D eigenvalue weighted by molar-refractivity contribution is -0.126. The molecule has 1 aliphatic rings. The number of nitrogens with one attached hydrogen (secondary N) is 1. The number of carbonyl (C=O) groups is 2. The van der Waals surface area contributed by atoms with Gasteiger partial charge in [-0.15, -0.1) is 0 Å². The maximum absolute atomic E-state index is 12.6. The highest BCUT2D eigenvalue weighted by molar-refractivity contribution is 5.96. The predicted molar refractivity (Wildman–Crippen MR) is 81.9 cm³/mol. The van der Waals surface area contributed by atoms with E-state index in [1.807, 2.05) is 31.2 Å². The summed E-state index contributed by atoms with van der Waals surface area (Å²) in [6.07, 6.45) is 1.69. The molecule has 2 amide bonds. The minimum absolute atomic E-state index is 0.00253. The van der Waals surface area contributed by atoms with E-state index in [0.29, 0.717) is 26.2 Å². The molecular formula is C16H23N3O2. The Morgan fingerprint density at radius 2 is 2.14 bits per heavy atom. The fourth-order valence-corrected chi connectivity index (χ4v) is 2.70. The van der Waals surface area contributed by atoms with Crippen molar-refractivity contribution in [2.45, 2.75) is 19.8 Å². The maximum atomic E-state index is 12.6. The van der Waals surface area contributed by atoms with Gasteiger partial charge in [-0.3, -0.25) is 9.59 Å². The van der Waals surface area contributed by atoms with Gasteiger partial charge in [-0.05, 0) is 31.4 Å². The van der Waals surface area contributed by atoms with Crippen LogP contribution in [0, 0.1) is 12.8 Å². The van der Waals surface area contributed by atoms with Gasteiger partial charge in [0.2, 0.25) is 5.91 Å². The zero-order valence-corrected chi connectivity index (χ0v) is 12.5. The van der Waals surface area contributed by atoms with Crippen molar-refractivity contribution in [2.75, 3.05) is 26.2 Å². The second kappa shape index (κ2) is 7.22. The van der Waals surface area contributed by atoms with Crippen LogP contribution in [0.5, 0.6) is 0 Å². The molecule has 1 saturated heterocycles. The lowest BCUT2D eigenvalue weighted by Crippen LogP contribution is -2.46. The number of hydrogen-bond donors (Lipinski definition) is 2. The highest BCUT2D eigenvalue weighted by Gasteiger charge is 2.29. The van der Waals surface area contributed by atoms with Gasteiger partial charge in [0, 0.05) is 31.7 Å². The molecule has 114 valence electrons. The minimum atomic E-state index is -0.127. The molecule has 1 atom stereocenters. The molecule has 0 aromatic heterocycles. The van der Waals surface area contributed by atoms with Crippen LogP contribution in [0.2, 0.25) is 0 Å². The Hall–Kier alpha value is -1.88. The highest BCUT2D eigenvalue weighted by Crippen LogP contribution is 2.20. The number of nitrogens with two attached hydrogens (primary N) is 1. The van der Waals surface area contributed by atoms with Crippen LogP contribution in [-0.2, 0) is 4.79 Å². The Bertz CT molecular complexity index is 516. The molecule has 0 bridgehead atoms. The minimum Gasteiger partial charge on any atom is -0.355 e. The molecule has 1 aromatic rings. The van der Waals surface area contributed by atoms with Crippen LogP contribution < -0.4 is 11.1 Å². The summed E-state index contributed by atoms with van der Waals surface area (Å²) in [6, 6.07) is 7.57. The van der Waals surface area contributed by atoms with E-state index in [4.69, 9.17) is 5.73 Å². The molecule has 1 aliphatic heterocycles. The molecule has 0 aliphatic carbocycles. The van der Waals surface area contributed by atoms with Gasteiger partial charge in [0.05, 0.1) is 5.92 Å². The van der Waals surface area contributed by atoms with Crippen LogP contribution in [0.25, 0.3) is 0 Å². The van der Waals surface area contributed by atoms with Crippen molar-refractivity contribution in [1.82, 2.24) is 10.2 Å². The van der Waals surface area contributed by atoms with Gasteiger partial charge in [-0.25, -0.2) is 0 Å². The van der Waals surface area contributed by atoms with Gasteiger partial charge in [-0.1, -0.05) is 18.2 Å². The third-order valence-corrected chi connectivity index (χ3v) is 3.90. The maximum Gasteiger partial charge on any atom is 0.254 e. The Kier molecular flexibility index (Phi) is 5.33. The summed E-state index contributed by atoms with van der Waals surface area (Å²) in [4.78, 5) is 26.4. The van der Waals surface area contributed by atoms with Gasteiger partial charge in [0.25, 0.3) is 5.91 Å². The van der Waals surface area contributed by atoms with E-state index < -0.39 is 0 Å². The average Bonchev–Trinajstić information content (AvgIpc) is 2.52. The fraction of sp³-hybridized carbons (Fsp3) is 0.500. The van der Waals surface area contributed by atoms with Crippen molar-refractivity contribution in [1.29, 1.82) is 0 Å². The number of amides is 2. The number of aryl methyl sites for hydroxylation is 1. The molecule has 3 N–H and O–H groups in total. The number of carbonyl (C=O) groups excluding carboxylic acids is 2. The van der Waals surface area contributed by atoms with Crippen molar-refractivity contribution < 1.29 is 9.59 Å². The molecule has 1 heterocycles. The number of rotatable bonds is 4. The lowest BCUT2D eigenvalue weighted by Gasteiger charge is -2.32. The third-order valence-electron chi connectivity index (χ3n) is 3.90. The molecule has 2 rings (SSSR count). The van der Waals surface area contributed by atoms with Crippen LogP contribution >= 0.6 is 0 Å². The second-order valence-electron chi connectivity index (χ2n) is 5.48. The van der Waals surface area contributed by atoms with E-state index in [-0.39, 0.29) is 17.7 Å². The van der Waals surface area contributed by atoms with Crippen molar-refractivity contribution in [3.8, 4) is 0 Å². The fourth-order valence-electron chi connectivity index (χ4n) is 2.70. The lowest BCUT2D eigenvalue weighted by atomic mass is 9.96. The van der Waals surface area contributed by atoms with E-state index in [1.54, 1.807) is 4.90 Å². The summed E-state index contributed by atoms with van der Waals surface area (Å²) < 4.78 is 0. The number of piperidine rings is 1. The van der Waals surface area contributed by atoms with Crippen molar-refractivity contribution in [3.05, 3.63) is 35.4 Å². The number of hydrogen-bond acceptors (Lipinski definition) is 3. The van der Waals surface area contributed by atoms with Crippen LogP contribution in [0.4, 0.5) is 0 Å². The molecule has 0 spiro atoms. The number of benzene rings is 1. The van der Waals surface area contributed by atoms with Crippen molar-refractivity contribution in [3.63, 3.8) is 0 Å². The standard InChI is InChI=1S/C16H23N3O2/c1-12-5-2-3-7-14(12)16(21)19-10-4-6-13(11-19)15(20)18-9-8-17/h2-3,5,7,13H,4,6,8-11,17H2,1H3,(H,18,20). The molecular weight excluding hydrogens is 266 g/mol. The van der Waals surface area contributed by atoms with Crippen LogP contribution in [0.1, 0.15) is 28.8 Å². The average molecular weight is 289 g/mol. The summed E-state index contributed by atoms with van der Waals surface area (Å²) in [5.74, 6) is -0.106. The van der Waals surface area contributed by atoms with Crippen LogP contribution in [-0.4, -0.2) is 42.9 Å². The molecule has 0 radical (unpaired) electrons. The summed E-state index contributed by atoms with van der Waals surface area (Å²) in [6.45, 7) is 4.06. The molecule has 1 unspecified atom stereocenters. The summed E-state index contributed by atoms with van der Waals surface area (Å²) >= 11 is 0. The Morgan fingerprint density at radius 3 is 2.86 bits per heavy atom. The van der Waals surface area contributed by atoms with E-state index in [0.717, 1.165) is 24.0 Å². The molecule has 5 nitrogen and oxygen atoms in total. The smallest absolute Gasteiger partial charge is 0.254 e. The number of likely N-dealkylation sites (tertiary alicyclic amines) is 1. The molecule has 1 aromatic carbocycles.